The second-order valence-corrected chi connectivity index (χ2v) is 34.2. The highest BCUT2D eigenvalue weighted by Crippen LogP contribution is 2.58. The van der Waals surface area contributed by atoms with Crippen molar-refractivity contribution in [2.75, 3.05) is 14.7 Å². The van der Waals surface area contributed by atoms with Gasteiger partial charge < -0.3 is 19.1 Å². The van der Waals surface area contributed by atoms with Crippen LogP contribution < -0.4 is 31.3 Å². The van der Waals surface area contributed by atoms with Gasteiger partial charge in [-0.3, -0.25) is 0 Å². The molecule has 0 spiro atoms. The Morgan fingerprint density at radius 1 is 0.364 bits per heavy atom. The number of fused-ring (bicyclic) bond motifs is 13. The van der Waals surface area contributed by atoms with Gasteiger partial charge in [0, 0.05) is 65.4 Å². The van der Waals surface area contributed by atoms with Crippen LogP contribution in [0.25, 0.3) is 31.1 Å². The van der Waals surface area contributed by atoms with Crippen LogP contribution in [0.15, 0.2) is 150 Å². The molecule has 2 aliphatic heterocycles. The maximum atomic E-state index is 7.98. The molecule has 8 aromatic carbocycles. The molecule has 4 aliphatic carbocycles. The van der Waals surface area contributed by atoms with Gasteiger partial charge >= 0.3 is 0 Å². The number of thiophene rings is 1. The summed E-state index contributed by atoms with van der Waals surface area (Å²) >= 11 is 1.89. The smallest absolute Gasteiger partial charge is 0.297 e. The Morgan fingerprint density at radius 3 is 1.41 bits per heavy atom. The molecule has 0 radical (unpaired) electrons. The van der Waals surface area contributed by atoms with E-state index < -0.39 is 0 Å². The molecule has 0 saturated carbocycles. The summed E-state index contributed by atoms with van der Waals surface area (Å²) in [5, 5.41) is 3.81. The summed E-state index contributed by atoms with van der Waals surface area (Å²) in [5.41, 5.74) is 27.0. The minimum atomic E-state index is -0.214. The number of hydrogen-bond acceptors (Lipinski definition) is 5. The van der Waals surface area contributed by atoms with Crippen molar-refractivity contribution in [1.82, 2.24) is 0 Å². The van der Waals surface area contributed by atoms with E-state index in [1.165, 1.54) is 122 Å². The number of anilines is 9. The first-order valence-corrected chi connectivity index (χ1v) is 34.0. The molecule has 2 aromatic heterocycles. The van der Waals surface area contributed by atoms with Gasteiger partial charge in [0.25, 0.3) is 6.71 Å². The Morgan fingerprint density at radius 2 is 0.830 bits per heavy atom. The van der Waals surface area contributed by atoms with Gasteiger partial charge in [-0.05, 0) is 235 Å². The van der Waals surface area contributed by atoms with Crippen molar-refractivity contribution in [2.45, 2.75) is 205 Å². The molecule has 16 rings (SSSR count). The van der Waals surface area contributed by atoms with Crippen LogP contribution in [0.2, 0.25) is 0 Å². The van der Waals surface area contributed by atoms with Crippen LogP contribution >= 0.6 is 11.3 Å². The van der Waals surface area contributed by atoms with E-state index in [4.69, 9.17) is 4.42 Å². The summed E-state index contributed by atoms with van der Waals surface area (Å²) in [7, 11) is 0. The molecule has 0 bridgehead atoms. The summed E-state index contributed by atoms with van der Waals surface area (Å²) < 4.78 is 10.6. The van der Waals surface area contributed by atoms with E-state index in [0.717, 1.165) is 73.3 Å². The van der Waals surface area contributed by atoms with Crippen molar-refractivity contribution in [3.63, 3.8) is 0 Å². The Labute approximate surface area is 528 Å². The molecule has 6 heteroatoms. The van der Waals surface area contributed by atoms with Crippen LogP contribution in [-0.2, 0) is 43.3 Å². The molecule has 0 N–H and O–H groups in total. The van der Waals surface area contributed by atoms with Crippen LogP contribution in [0.4, 0.5) is 51.2 Å². The van der Waals surface area contributed by atoms with Crippen LogP contribution in [0.5, 0.6) is 0 Å². The van der Waals surface area contributed by atoms with Gasteiger partial charge in [0.15, 0.2) is 0 Å². The number of para-hydroxylation sites is 1. The molecular weight excluding hydrogens is 1090 g/mol. The van der Waals surface area contributed by atoms with Crippen molar-refractivity contribution < 1.29 is 4.42 Å². The van der Waals surface area contributed by atoms with E-state index in [-0.39, 0.29) is 50.0 Å². The van der Waals surface area contributed by atoms with Crippen molar-refractivity contribution in [3.05, 3.63) is 190 Å². The second-order valence-electron chi connectivity index (χ2n) is 33.1. The zero-order chi connectivity index (χ0) is 61.4. The quantitative estimate of drug-likeness (QED) is 0.160. The minimum absolute atomic E-state index is 0.00172. The SMILES string of the molecule is CC1(C)CCC(C)(C)c2cc(N3c4cc5c(cc4B4c6oc7cc8c(cc7c6N(c6ccc7c(c6)C(C)(C)CCC7(C)C)c6cc(N(c7ccccc7)c7ccc9c(c7)sc7ccccc79)cc3c64)C(C)(C)CCC8(C)C)C(C)(C)CCC5(C)C)ccc21. The molecule has 6 aliphatic rings. The normalized spacial score (nSPS) is 20.6. The maximum Gasteiger partial charge on any atom is 0.297 e. The van der Waals surface area contributed by atoms with Crippen molar-refractivity contribution in [2.24, 2.45) is 0 Å². The van der Waals surface area contributed by atoms with Crippen molar-refractivity contribution in [3.8, 4) is 0 Å². The second kappa shape index (κ2) is 18.3. The largest absolute Gasteiger partial charge is 0.468 e. The predicted molar refractivity (Wildman–Crippen MR) is 379 cm³/mol. The lowest BCUT2D eigenvalue weighted by molar-refractivity contribution is 0.332. The molecule has 0 atom stereocenters. The Bertz CT molecular complexity index is 4620. The van der Waals surface area contributed by atoms with Gasteiger partial charge in [0.05, 0.1) is 17.0 Å². The summed E-state index contributed by atoms with van der Waals surface area (Å²) in [6, 6.07) is 58.1. The highest BCUT2D eigenvalue weighted by atomic mass is 32.1. The average Bonchev–Trinajstić information content (AvgIpc) is 1.20. The van der Waals surface area contributed by atoms with E-state index in [1.54, 1.807) is 0 Å². The van der Waals surface area contributed by atoms with Gasteiger partial charge in [-0.15, -0.1) is 11.3 Å². The third-order valence-corrected chi connectivity index (χ3v) is 24.8. The monoisotopic (exact) mass is 1170 g/mol. The lowest BCUT2D eigenvalue weighted by Gasteiger charge is -2.47. The molecule has 0 amide bonds. The van der Waals surface area contributed by atoms with Crippen molar-refractivity contribution >= 4 is 117 Å². The number of rotatable bonds is 5. The fourth-order valence-electron chi connectivity index (χ4n) is 17.6. The van der Waals surface area contributed by atoms with Crippen molar-refractivity contribution in [1.29, 1.82) is 0 Å². The van der Waals surface area contributed by atoms with E-state index in [2.05, 4.69) is 271 Å². The Kier molecular flexibility index (Phi) is 11.7. The molecule has 0 unspecified atom stereocenters. The third-order valence-electron chi connectivity index (χ3n) is 23.7. The Hall–Kier alpha value is -7.02. The van der Waals surface area contributed by atoms with Crippen LogP contribution in [0, 0.1) is 0 Å². The molecule has 0 saturated heterocycles. The molecule has 88 heavy (non-hydrogen) atoms. The van der Waals surface area contributed by atoms with E-state index in [9.17, 15) is 0 Å². The molecule has 0 fully saturated rings. The van der Waals surface area contributed by atoms with Crippen LogP contribution in [0.3, 0.4) is 0 Å². The van der Waals surface area contributed by atoms with E-state index in [0.29, 0.717) is 0 Å². The van der Waals surface area contributed by atoms with Crippen LogP contribution in [0.1, 0.15) is 207 Å². The first-order valence-electron chi connectivity index (χ1n) is 33.2. The van der Waals surface area contributed by atoms with Gasteiger partial charge in [-0.25, -0.2) is 0 Å². The van der Waals surface area contributed by atoms with E-state index in [1.807, 2.05) is 11.3 Å². The molecule has 10 aromatic rings. The lowest BCUT2D eigenvalue weighted by Crippen LogP contribution is -2.61. The standard InChI is InChI=1S/C82H88BN3OS/c1-75(2)32-34-77(5,6)59-40-50(27-30-57(59)75)85-66-47-63-62(80(11,12)37-38-81(63,13)14)46-65(66)83-72-67(85)42-53(84(49-22-18-17-19-23-49)52-26-29-55-54-24-20-21-25-70(54)88-71(55)44-52)43-68(72)86(51-28-31-58-60(41-51)78(7,8)35-33-76(58,3)4)73-56-45-61-64(48-69(56)87-74(73)83)82(15,16)39-36-79(61,9)10/h17-31,40-48H,32-39H2,1-16H3. The summed E-state index contributed by atoms with van der Waals surface area (Å²) in [6.07, 6.45) is 9.14. The van der Waals surface area contributed by atoms with Gasteiger partial charge in [-0.1, -0.05) is 171 Å². The zero-order valence-corrected chi connectivity index (χ0v) is 56.1. The number of benzene rings is 8. The molecule has 4 heterocycles. The van der Waals surface area contributed by atoms with E-state index >= 15 is 0 Å². The first kappa shape index (κ1) is 56.2. The lowest BCUT2D eigenvalue weighted by atomic mass is 9.35. The molecule has 4 nitrogen and oxygen atoms in total. The van der Waals surface area contributed by atoms with Gasteiger partial charge in [0.1, 0.15) is 5.58 Å². The fourth-order valence-corrected chi connectivity index (χ4v) is 18.7. The first-order chi connectivity index (χ1) is 41.5. The number of furan rings is 1. The minimum Gasteiger partial charge on any atom is -0.468 e. The molecule has 446 valence electrons. The van der Waals surface area contributed by atoms with Gasteiger partial charge in [0.2, 0.25) is 0 Å². The predicted octanol–water partition coefficient (Wildman–Crippen LogP) is 21.7. The maximum absolute atomic E-state index is 7.98. The summed E-state index contributed by atoms with van der Waals surface area (Å²) in [4.78, 5) is 7.99. The highest BCUT2D eigenvalue weighted by Gasteiger charge is 2.51. The summed E-state index contributed by atoms with van der Waals surface area (Å²) in [5.74, 6) is 0. The summed E-state index contributed by atoms with van der Waals surface area (Å²) in [6.45, 7) is 39.5. The van der Waals surface area contributed by atoms with Crippen LogP contribution in [-0.4, -0.2) is 6.71 Å². The Balaban J connectivity index is 1.08. The third kappa shape index (κ3) is 8.14. The topological polar surface area (TPSA) is 22.9 Å². The number of nitrogens with zero attached hydrogens (tertiary/aromatic N) is 3. The highest BCUT2D eigenvalue weighted by molar-refractivity contribution is 7.25. The fraction of sp³-hybridized carbons (Fsp3) is 0.390. The zero-order valence-electron chi connectivity index (χ0n) is 55.2. The molecular formula is C82H88BN3OS. The number of hydrogen-bond donors (Lipinski definition) is 0. The average molecular weight is 1170 g/mol. The van der Waals surface area contributed by atoms with Gasteiger partial charge in [-0.2, -0.15) is 0 Å².